The van der Waals surface area contributed by atoms with Crippen LogP contribution in [0.1, 0.15) is 18.9 Å². The van der Waals surface area contributed by atoms with Crippen LogP contribution in [0.3, 0.4) is 0 Å². The molecule has 7 nitrogen and oxygen atoms in total. The van der Waals surface area contributed by atoms with Crippen molar-refractivity contribution in [2.45, 2.75) is 25.8 Å². The van der Waals surface area contributed by atoms with E-state index in [1.165, 1.54) is 17.7 Å². The minimum Gasteiger partial charge on any atom is -0.369 e. The van der Waals surface area contributed by atoms with Crippen molar-refractivity contribution in [3.05, 3.63) is 70.3 Å². The number of nitrogens with zero attached hydrogens (tertiary/aromatic N) is 3. The highest BCUT2D eigenvalue weighted by atomic mass is 16.6. The van der Waals surface area contributed by atoms with E-state index in [2.05, 4.69) is 27.2 Å². The second-order valence-corrected chi connectivity index (χ2v) is 7.53. The fourth-order valence-corrected chi connectivity index (χ4v) is 3.57. The first-order valence-electron chi connectivity index (χ1n) is 10.1. The van der Waals surface area contributed by atoms with Crippen LogP contribution in [0.25, 0.3) is 0 Å². The lowest BCUT2D eigenvalue weighted by atomic mass is 10.1. The molecule has 0 saturated carbocycles. The number of amides is 1. The van der Waals surface area contributed by atoms with E-state index in [4.69, 9.17) is 0 Å². The van der Waals surface area contributed by atoms with Crippen molar-refractivity contribution in [2.75, 3.05) is 37.6 Å². The molecule has 1 N–H and O–H groups in total. The molecule has 0 bridgehead atoms. The molecular weight excluding hydrogens is 368 g/mol. The van der Waals surface area contributed by atoms with Gasteiger partial charge in [0, 0.05) is 50.0 Å². The number of nitro groups is 1. The lowest BCUT2D eigenvalue weighted by Crippen LogP contribution is -2.50. The molecule has 29 heavy (non-hydrogen) atoms. The summed E-state index contributed by atoms with van der Waals surface area (Å²) in [5.41, 5.74) is 2.37. The maximum atomic E-state index is 12.4. The van der Waals surface area contributed by atoms with Gasteiger partial charge < -0.3 is 10.2 Å². The van der Waals surface area contributed by atoms with Gasteiger partial charge in [0.2, 0.25) is 5.91 Å². The zero-order valence-electron chi connectivity index (χ0n) is 16.8. The minimum atomic E-state index is -0.388. The van der Waals surface area contributed by atoms with Crippen molar-refractivity contribution in [1.29, 1.82) is 0 Å². The zero-order valence-corrected chi connectivity index (χ0v) is 16.8. The lowest BCUT2D eigenvalue weighted by Gasteiger charge is -2.35. The Labute approximate surface area is 171 Å². The highest BCUT2D eigenvalue weighted by Crippen LogP contribution is 2.20. The predicted molar refractivity (Wildman–Crippen MR) is 114 cm³/mol. The van der Waals surface area contributed by atoms with Crippen molar-refractivity contribution >= 4 is 17.3 Å². The van der Waals surface area contributed by atoms with Gasteiger partial charge in [-0.25, -0.2) is 0 Å². The number of carbonyl (C=O) groups excluding carboxylic acids is 1. The summed E-state index contributed by atoms with van der Waals surface area (Å²) < 4.78 is 0. The fourth-order valence-electron chi connectivity index (χ4n) is 3.57. The number of aryl methyl sites for hydroxylation is 1. The number of benzene rings is 2. The fraction of sp³-hybridized carbons (Fsp3) is 0.409. The summed E-state index contributed by atoms with van der Waals surface area (Å²) in [5, 5.41) is 13.9. The zero-order chi connectivity index (χ0) is 20.6. The molecule has 1 fully saturated rings. The molecule has 2 aromatic carbocycles. The number of hydrogen-bond donors (Lipinski definition) is 1. The molecule has 2 aromatic rings. The smallest absolute Gasteiger partial charge is 0.269 e. The lowest BCUT2D eigenvalue weighted by molar-refractivity contribution is -0.384. The normalized spacial score (nSPS) is 15.7. The van der Waals surface area contributed by atoms with Crippen molar-refractivity contribution in [3.8, 4) is 0 Å². The van der Waals surface area contributed by atoms with Gasteiger partial charge in [-0.3, -0.25) is 19.8 Å². The summed E-state index contributed by atoms with van der Waals surface area (Å²) in [6.07, 6.45) is 1.87. The molecule has 0 aromatic heterocycles. The summed E-state index contributed by atoms with van der Waals surface area (Å²) in [7, 11) is 0. The first-order valence-corrected chi connectivity index (χ1v) is 10.1. The van der Waals surface area contributed by atoms with Crippen molar-refractivity contribution in [2.24, 2.45) is 0 Å². The van der Waals surface area contributed by atoms with Crippen LogP contribution in [0.2, 0.25) is 0 Å². The van der Waals surface area contributed by atoms with Crippen LogP contribution < -0.4 is 10.2 Å². The van der Waals surface area contributed by atoms with E-state index in [-0.39, 0.29) is 22.6 Å². The topological polar surface area (TPSA) is 78.7 Å². The minimum absolute atomic E-state index is 0.0642. The molecule has 0 spiro atoms. The number of carbonyl (C=O) groups is 1. The average Bonchev–Trinajstić information content (AvgIpc) is 2.73. The Morgan fingerprint density at radius 2 is 1.72 bits per heavy atom. The van der Waals surface area contributed by atoms with Crippen LogP contribution in [-0.2, 0) is 11.2 Å². The van der Waals surface area contributed by atoms with Crippen molar-refractivity contribution < 1.29 is 9.72 Å². The second kappa shape index (κ2) is 10.0. The van der Waals surface area contributed by atoms with Gasteiger partial charge in [-0.1, -0.05) is 30.3 Å². The molecule has 1 aliphatic rings. The second-order valence-electron chi connectivity index (χ2n) is 7.53. The van der Waals surface area contributed by atoms with E-state index in [1.54, 1.807) is 12.1 Å². The molecule has 1 saturated heterocycles. The summed E-state index contributed by atoms with van der Waals surface area (Å²) in [6.45, 7) is 5.64. The highest BCUT2D eigenvalue weighted by molar-refractivity contribution is 5.78. The van der Waals surface area contributed by atoms with Crippen molar-refractivity contribution in [3.63, 3.8) is 0 Å². The molecule has 1 amide bonds. The number of anilines is 1. The SMILES string of the molecule is C[C@@H](CCc1ccccc1)NC(=O)CN1CCN(c2ccc([N+](=O)[O-])cc2)CC1. The Balaban J connectivity index is 1.38. The summed E-state index contributed by atoms with van der Waals surface area (Å²) in [6, 6.07) is 17.1. The molecule has 0 aliphatic carbocycles. The van der Waals surface area contributed by atoms with Crippen LogP contribution in [0.5, 0.6) is 0 Å². The first-order chi connectivity index (χ1) is 14.0. The maximum absolute atomic E-state index is 12.4. The molecule has 1 aliphatic heterocycles. The van der Waals surface area contributed by atoms with Gasteiger partial charge in [-0.05, 0) is 37.5 Å². The number of piperazine rings is 1. The molecular formula is C22H28N4O3. The molecule has 7 heteroatoms. The monoisotopic (exact) mass is 396 g/mol. The molecule has 3 rings (SSSR count). The van der Waals surface area contributed by atoms with Gasteiger partial charge in [0.25, 0.3) is 5.69 Å². The van der Waals surface area contributed by atoms with Crippen molar-refractivity contribution in [1.82, 2.24) is 10.2 Å². The van der Waals surface area contributed by atoms with Gasteiger partial charge in [-0.15, -0.1) is 0 Å². The van der Waals surface area contributed by atoms with E-state index in [9.17, 15) is 14.9 Å². The van der Waals surface area contributed by atoms with Gasteiger partial charge in [0.15, 0.2) is 0 Å². The Hall–Kier alpha value is -2.93. The van der Waals surface area contributed by atoms with Gasteiger partial charge in [0.05, 0.1) is 11.5 Å². The third kappa shape index (κ3) is 6.29. The Kier molecular flexibility index (Phi) is 7.19. The molecule has 1 heterocycles. The largest absolute Gasteiger partial charge is 0.369 e. The molecule has 1 atom stereocenters. The quantitative estimate of drug-likeness (QED) is 0.548. The highest BCUT2D eigenvalue weighted by Gasteiger charge is 2.20. The first kappa shape index (κ1) is 20.8. The molecule has 0 radical (unpaired) electrons. The number of non-ortho nitro benzene ring substituents is 1. The van der Waals surface area contributed by atoms with Gasteiger partial charge in [-0.2, -0.15) is 0 Å². The van der Waals surface area contributed by atoms with Crippen LogP contribution in [0.4, 0.5) is 11.4 Å². The number of hydrogen-bond acceptors (Lipinski definition) is 5. The summed E-state index contributed by atoms with van der Waals surface area (Å²) in [5.74, 6) is 0.0642. The number of nitrogens with one attached hydrogen (secondary N) is 1. The van der Waals surface area contributed by atoms with E-state index in [0.29, 0.717) is 6.54 Å². The Morgan fingerprint density at radius 3 is 2.34 bits per heavy atom. The van der Waals surface area contributed by atoms with Gasteiger partial charge in [0.1, 0.15) is 0 Å². The molecule has 154 valence electrons. The van der Waals surface area contributed by atoms with E-state index in [0.717, 1.165) is 44.7 Å². The summed E-state index contributed by atoms with van der Waals surface area (Å²) >= 11 is 0. The number of nitro benzene ring substituents is 1. The third-order valence-corrected chi connectivity index (χ3v) is 5.28. The Morgan fingerprint density at radius 1 is 1.07 bits per heavy atom. The molecule has 0 unspecified atom stereocenters. The van der Waals surface area contributed by atoms with Gasteiger partial charge >= 0.3 is 0 Å². The van der Waals surface area contributed by atoms with E-state index >= 15 is 0 Å². The van der Waals surface area contributed by atoms with Crippen LogP contribution in [0, 0.1) is 10.1 Å². The number of rotatable bonds is 8. The Bertz CT molecular complexity index is 803. The van der Waals surface area contributed by atoms with Crippen LogP contribution in [0.15, 0.2) is 54.6 Å². The van der Waals surface area contributed by atoms with E-state index in [1.807, 2.05) is 25.1 Å². The average molecular weight is 396 g/mol. The van der Waals surface area contributed by atoms with Crippen LogP contribution >= 0.6 is 0 Å². The van der Waals surface area contributed by atoms with E-state index < -0.39 is 0 Å². The van der Waals surface area contributed by atoms with Crippen LogP contribution in [-0.4, -0.2) is 54.5 Å². The predicted octanol–water partition coefficient (Wildman–Crippen LogP) is 2.85. The maximum Gasteiger partial charge on any atom is 0.269 e. The summed E-state index contributed by atoms with van der Waals surface area (Å²) in [4.78, 5) is 27.1. The third-order valence-electron chi connectivity index (χ3n) is 5.28. The standard InChI is InChI=1S/C22H28N4O3/c1-18(7-8-19-5-3-2-4-6-19)23-22(27)17-24-13-15-25(16-14-24)20-9-11-21(12-10-20)26(28)29/h2-6,9-12,18H,7-8,13-17H2,1H3,(H,23,27)/t18-/m0/s1.